The molecule has 2 saturated carbocycles. The Kier molecular flexibility index (Phi) is 21.8. The van der Waals surface area contributed by atoms with Gasteiger partial charge in [-0.3, -0.25) is 0 Å². The summed E-state index contributed by atoms with van der Waals surface area (Å²) in [5.74, 6) is 2.14. The van der Waals surface area contributed by atoms with Crippen LogP contribution in [0.4, 0.5) is 0 Å². The van der Waals surface area contributed by atoms with Crippen molar-refractivity contribution in [2.75, 3.05) is 108 Å². The highest BCUT2D eigenvalue weighted by Crippen LogP contribution is 2.36. The van der Waals surface area contributed by atoms with E-state index in [4.69, 9.17) is 0 Å². The van der Waals surface area contributed by atoms with E-state index in [9.17, 15) is 0 Å². The SMILES string of the molecule is CN1CC2CCC1C2.CN1CC2CCCC1C2.CN1CCCC1.CN1CCCCC1.CN1CCCCCC1.CN1CCCCCCC1. The normalized spacial score (nSPS) is 32.3. The van der Waals surface area contributed by atoms with Crippen molar-refractivity contribution in [3.05, 3.63) is 0 Å². The largest absolute Gasteiger partial charge is 0.306 e. The standard InChI is InChI=1S/C8H15N.C8H17N.C7H13N.C7H15N.C6H13N.C5H11N/c1-9-6-7-3-2-4-8(9)5-7;1-9-7-5-3-2-4-6-8-9;1-8-5-6-2-3-7(8)4-6;1-8-6-4-2-3-5-7-8;1-7-5-3-2-4-6-7;1-6-4-2-3-5-6/h7-8H,2-6H2,1H3;2-8H2,1H3;6-7H,2-5H2,1H3;2-7H2,1H3;2-6H2,1H3;2-5H2,1H3. The quantitative estimate of drug-likeness (QED) is 0.263. The van der Waals surface area contributed by atoms with Crippen molar-refractivity contribution < 1.29 is 0 Å². The monoisotopic (exact) mass is 661 g/mol. The molecule has 8 fully saturated rings. The van der Waals surface area contributed by atoms with E-state index in [0.717, 1.165) is 23.9 Å². The second-order valence-electron chi connectivity index (χ2n) is 17.1. The first-order valence-electron chi connectivity index (χ1n) is 20.9. The van der Waals surface area contributed by atoms with Crippen LogP contribution in [0.15, 0.2) is 0 Å². The summed E-state index contributed by atoms with van der Waals surface area (Å²) in [6.07, 6.45) is 30.4. The van der Waals surface area contributed by atoms with E-state index in [2.05, 4.69) is 71.7 Å². The molecule has 0 N–H and O–H groups in total. The van der Waals surface area contributed by atoms with Gasteiger partial charge < -0.3 is 29.4 Å². The molecule has 0 aromatic rings. The Morgan fingerprint density at radius 1 is 0.298 bits per heavy atom. The van der Waals surface area contributed by atoms with Gasteiger partial charge in [-0.05, 0) is 196 Å². The topological polar surface area (TPSA) is 19.4 Å². The minimum absolute atomic E-state index is 0.962. The predicted molar refractivity (Wildman–Crippen MR) is 207 cm³/mol. The molecule has 0 spiro atoms. The van der Waals surface area contributed by atoms with Crippen LogP contribution in [0.5, 0.6) is 0 Å². The van der Waals surface area contributed by atoms with Crippen LogP contribution in [0.1, 0.15) is 135 Å². The van der Waals surface area contributed by atoms with Crippen molar-refractivity contribution in [3.63, 3.8) is 0 Å². The zero-order chi connectivity index (χ0) is 33.7. The maximum absolute atomic E-state index is 2.54. The Balaban J connectivity index is 0.000000154. The van der Waals surface area contributed by atoms with Crippen molar-refractivity contribution in [3.8, 4) is 0 Å². The average Bonchev–Trinajstić information content (AvgIpc) is 3.82. The molecular formula is C41H84N6. The fraction of sp³-hybridized carbons (Fsp3) is 1.00. The van der Waals surface area contributed by atoms with Gasteiger partial charge in [-0.25, -0.2) is 0 Å². The smallest absolute Gasteiger partial charge is 0.00955 e. The van der Waals surface area contributed by atoms with Crippen molar-refractivity contribution in [2.24, 2.45) is 11.8 Å². The van der Waals surface area contributed by atoms with E-state index < -0.39 is 0 Å². The van der Waals surface area contributed by atoms with Crippen LogP contribution in [0.3, 0.4) is 0 Å². The van der Waals surface area contributed by atoms with Gasteiger partial charge in [0.05, 0.1) is 0 Å². The first kappa shape index (κ1) is 41.2. The van der Waals surface area contributed by atoms with Crippen molar-refractivity contribution in [1.29, 1.82) is 0 Å². The van der Waals surface area contributed by atoms with Gasteiger partial charge in [0, 0.05) is 25.2 Å². The van der Waals surface area contributed by atoms with Gasteiger partial charge in [-0.15, -0.1) is 0 Å². The number of fused-ring (bicyclic) bond motifs is 4. The van der Waals surface area contributed by atoms with E-state index in [1.165, 1.54) is 200 Å². The molecule has 8 aliphatic rings. The molecule has 0 amide bonds. The van der Waals surface area contributed by atoms with Gasteiger partial charge in [0.1, 0.15) is 0 Å². The third-order valence-electron chi connectivity index (χ3n) is 12.4. The van der Waals surface area contributed by atoms with Crippen molar-refractivity contribution >= 4 is 0 Å². The summed E-state index contributed by atoms with van der Waals surface area (Å²) in [5, 5.41) is 0. The summed E-state index contributed by atoms with van der Waals surface area (Å²) >= 11 is 0. The van der Waals surface area contributed by atoms with Crippen molar-refractivity contribution in [1.82, 2.24) is 29.4 Å². The molecule has 6 heteroatoms. The Morgan fingerprint density at radius 3 is 0.894 bits per heavy atom. The molecule has 4 bridgehead atoms. The van der Waals surface area contributed by atoms with Gasteiger partial charge in [0.15, 0.2) is 0 Å². The number of hydrogen-bond donors (Lipinski definition) is 0. The van der Waals surface area contributed by atoms with E-state index in [0.29, 0.717) is 0 Å². The molecule has 4 unspecified atom stereocenters. The van der Waals surface area contributed by atoms with Crippen LogP contribution in [0, 0.1) is 11.8 Å². The Labute approximate surface area is 295 Å². The molecule has 8 rings (SSSR count). The van der Waals surface area contributed by atoms with Gasteiger partial charge in [-0.1, -0.05) is 44.9 Å². The molecular weight excluding hydrogens is 576 g/mol. The molecule has 0 aromatic carbocycles. The fourth-order valence-corrected chi connectivity index (χ4v) is 9.12. The Bertz CT molecular complexity index is 717. The van der Waals surface area contributed by atoms with Gasteiger partial charge >= 0.3 is 0 Å². The second kappa shape index (κ2) is 24.8. The predicted octanol–water partition coefficient (Wildman–Crippen LogP) is 7.78. The van der Waals surface area contributed by atoms with E-state index >= 15 is 0 Å². The van der Waals surface area contributed by atoms with Crippen LogP contribution in [0.2, 0.25) is 0 Å². The van der Waals surface area contributed by atoms with Crippen molar-refractivity contribution in [2.45, 2.75) is 147 Å². The maximum Gasteiger partial charge on any atom is 0.00955 e. The number of likely N-dealkylation sites (tertiary alicyclic amines) is 6. The molecule has 0 radical (unpaired) electrons. The highest BCUT2D eigenvalue weighted by atomic mass is 15.2. The van der Waals surface area contributed by atoms with E-state index in [-0.39, 0.29) is 0 Å². The van der Waals surface area contributed by atoms with Crippen LogP contribution < -0.4 is 0 Å². The first-order valence-corrected chi connectivity index (χ1v) is 20.9. The Hall–Kier alpha value is -0.240. The highest BCUT2D eigenvalue weighted by Gasteiger charge is 2.35. The molecule has 0 aromatic heterocycles. The molecule has 6 nitrogen and oxygen atoms in total. The van der Waals surface area contributed by atoms with Gasteiger partial charge in [0.25, 0.3) is 0 Å². The van der Waals surface area contributed by atoms with E-state index in [1.54, 1.807) is 0 Å². The lowest BCUT2D eigenvalue weighted by atomic mass is 9.91. The first-order chi connectivity index (χ1) is 22.8. The summed E-state index contributed by atoms with van der Waals surface area (Å²) < 4.78 is 0. The lowest BCUT2D eigenvalue weighted by Crippen LogP contribution is -2.27. The molecule has 2 aliphatic carbocycles. The molecule has 6 heterocycles. The van der Waals surface area contributed by atoms with Gasteiger partial charge in [0.2, 0.25) is 0 Å². The van der Waals surface area contributed by atoms with Crippen LogP contribution in [-0.4, -0.2) is 149 Å². The van der Waals surface area contributed by atoms with Crippen LogP contribution in [0.25, 0.3) is 0 Å². The summed E-state index contributed by atoms with van der Waals surface area (Å²) in [4.78, 5) is 14.7. The third-order valence-corrected chi connectivity index (χ3v) is 12.4. The minimum atomic E-state index is 0.962. The van der Waals surface area contributed by atoms with Crippen LogP contribution >= 0.6 is 0 Å². The molecule has 6 aliphatic heterocycles. The van der Waals surface area contributed by atoms with Crippen LogP contribution in [-0.2, 0) is 0 Å². The Morgan fingerprint density at radius 2 is 0.596 bits per heavy atom. The zero-order valence-electron chi connectivity index (χ0n) is 32.9. The molecule has 6 saturated heterocycles. The summed E-state index contributed by atoms with van der Waals surface area (Å²) in [6.45, 7) is 13.3. The highest BCUT2D eigenvalue weighted by molar-refractivity contribution is 4.90. The molecule has 278 valence electrons. The number of nitrogens with zero attached hydrogens (tertiary/aromatic N) is 6. The summed E-state index contributed by atoms with van der Waals surface area (Å²) in [7, 11) is 13.3. The lowest BCUT2D eigenvalue weighted by molar-refractivity contribution is 0.261. The number of piperidine rings is 2. The zero-order valence-corrected chi connectivity index (χ0v) is 32.9. The summed E-state index contributed by atoms with van der Waals surface area (Å²) in [5.41, 5.74) is 0. The molecule has 4 atom stereocenters. The minimum Gasteiger partial charge on any atom is -0.306 e. The second-order valence-corrected chi connectivity index (χ2v) is 17.1. The molecule has 47 heavy (non-hydrogen) atoms. The fourth-order valence-electron chi connectivity index (χ4n) is 9.12. The van der Waals surface area contributed by atoms with E-state index in [1.807, 2.05) is 0 Å². The third kappa shape index (κ3) is 18.5. The average molecular weight is 661 g/mol. The van der Waals surface area contributed by atoms with Gasteiger partial charge in [-0.2, -0.15) is 0 Å². The maximum atomic E-state index is 2.54. The number of hydrogen-bond acceptors (Lipinski definition) is 6. The summed E-state index contributed by atoms with van der Waals surface area (Å²) in [6, 6.07) is 1.93. The lowest BCUT2D eigenvalue weighted by Gasteiger charge is -2.20. The number of rotatable bonds is 0.